The molecule has 2 heteroatoms. The van der Waals surface area contributed by atoms with Gasteiger partial charge in [-0.3, -0.25) is 0 Å². The molecule has 0 bridgehead atoms. The quantitative estimate of drug-likeness (QED) is 0.709. The van der Waals surface area contributed by atoms with Crippen LogP contribution in [0, 0.1) is 5.92 Å². The summed E-state index contributed by atoms with van der Waals surface area (Å²) in [6, 6.07) is 11.4. The second-order valence-corrected chi connectivity index (χ2v) is 5.45. The summed E-state index contributed by atoms with van der Waals surface area (Å²) in [5, 5.41) is 3.69. The third-order valence-electron chi connectivity index (χ3n) is 3.39. The molecule has 18 heavy (non-hydrogen) atoms. The molecular formula is C16H25NO. The summed E-state index contributed by atoms with van der Waals surface area (Å²) in [6.45, 7) is 6.08. The van der Waals surface area contributed by atoms with Crippen molar-refractivity contribution in [1.82, 2.24) is 5.32 Å². The molecular weight excluding hydrogens is 222 g/mol. The van der Waals surface area contributed by atoms with E-state index in [4.69, 9.17) is 4.74 Å². The first-order chi connectivity index (χ1) is 8.77. The van der Waals surface area contributed by atoms with Gasteiger partial charge in [-0.25, -0.2) is 0 Å². The van der Waals surface area contributed by atoms with E-state index in [2.05, 4.69) is 49.5 Å². The van der Waals surface area contributed by atoms with Gasteiger partial charge in [-0.15, -0.1) is 0 Å². The predicted molar refractivity (Wildman–Crippen MR) is 75.6 cm³/mol. The Morgan fingerprint density at radius 1 is 1.22 bits per heavy atom. The van der Waals surface area contributed by atoms with E-state index in [0.29, 0.717) is 12.1 Å². The Labute approximate surface area is 111 Å². The molecule has 0 aromatic heterocycles. The van der Waals surface area contributed by atoms with Gasteiger partial charge in [-0.2, -0.15) is 0 Å². The van der Waals surface area contributed by atoms with Crippen molar-refractivity contribution in [3.05, 3.63) is 35.9 Å². The van der Waals surface area contributed by atoms with Gasteiger partial charge < -0.3 is 10.1 Å². The minimum atomic E-state index is 0.346. The molecule has 1 unspecified atom stereocenters. The van der Waals surface area contributed by atoms with E-state index in [-0.39, 0.29) is 0 Å². The average Bonchev–Trinajstić information content (AvgIpc) is 3.19. The number of hydrogen-bond acceptors (Lipinski definition) is 2. The van der Waals surface area contributed by atoms with Gasteiger partial charge in [0.2, 0.25) is 0 Å². The highest BCUT2D eigenvalue weighted by Crippen LogP contribution is 2.40. The molecule has 0 heterocycles. The normalized spacial score (nSPS) is 17.1. The first-order valence-electron chi connectivity index (χ1n) is 7.17. The van der Waals surface area contributed by atoms with Gasteiger partial charge in [-0.05, 0) is 51.1 Å². The Balaban J connectivity index is 1.74. The van der Waals surface area contributed by atoms with Crippen LogP contribution in [0.3, 0.4) is 0 Å². The van der Waals surface area contributed by atoms with Gasteiger partial charge in [-0.1, -0.05) is 30.3 Å². The maximum absolute atomic E-state index is 5.57. The second kappa shape index (κ2) is 6.91. The van der Waals surface area contributed by atoms with Crippen LogP contribution in [0.15, 0.2) is 30.3 Å². The van der Waals surface area contributed by atoms with E-state index < -0.39 is 0 Å². The van der Waals surface area contributed by atoms with Crippen LogP contribution < -0.4 is 5.32 Å². The van der Waals surface area contributed by atoms with Gasteiger partial charge in [0.15, 0.2) is 0 Å². The van der Waals surface area contributed by atoms with Crippen LogP contribution in [-0.2, 0) is 4.74 Å². The number of nitrogens with one attached hydrogen (secondary N) is 1. The zero-order chi connectivity index (χ0) is 12.8. The van der Waals surface area contributed by atoms with Crippen LogP contribution in [0.2, 0.25) is 0 Å². The lowest BCUT2D eigenvalue weighted by Crippen LogP contribution is -2.25. The van der Waals surface area contributed by atoms with Gasteiger partial charge >= 0.3 is 0 Å². The highest BCUT2D eigenvalue weighted by molar-refractivity contribution is 5.21. The standard InChI is InChI=1S/C16H25NO/c1-13(2)18-12-6-11-17-16(15-9-10-15)14-7-4-3-5-8-14/h3-5,7-8,13,15-17H,6,9-12H2,1-2H3. The minimum Gasteiger partial charge on any atom is -0.379 e. The van der Waals surface area contributed by atoms with E-state index >= 15 is 0 Å². The van der Waals surface area contributed by atoms with Crippen molar-refractivity contribution in [3.63, 3.8) is 0 Å². The molecule has 1 aliphatic rings. The summed E-state index contributed by atoms with van der Waals surface area (Å²) < 4.78 is 5.57. The lowest BCUT2D eigenvalue weighted by Gasteiger charge is -2.19. The molecule has 0 aliphatic heterocycles. The molecule has 1 aromatic rings. The molecule has 0 spiro atoms. The topological polar surface area (TPSA) is 21.3 Å². The average molecular weight is 247 g/mol. The first-order valence-corrected chi connectivity index (χ1v) is 7.17. The van der Waals surface area contributed by atoms with Crippen LogP contribution in [0.25, 0.3) is 0 Å². The predicted octanol–water partition coefficient (Wildman–Crippen LogP) is 3.54. The molecule has 1 aliphatic carbocycles. The molecule has 1 atom stereocenters. The Bertz CT molecular complexity index is 332. The second-order valence-electron chi connectivity index (χ2n) is 5.45. The SMILES string of the molecule is CC(C)OCCCNC(c1ccccc1)C1CC1. The highest BCUT2D eigenvalue weighted by Gasteiger charge is 2.31. The summed E-state index contributed by atoms with van der Waals surface area (Å²) >= 11 is 0. The molecule has 1 aromatic carbocycles. The summed E-state index contributed by atoms with van der Waals surface area (Å²) in [7, 11) is 0. The highest BCUT2D eigenvalue weighted by atomic mass is 16.5. The molecule has 0 saturated heterocycles. The third-order valence-corrected chi connectivity index (χ3v) is 3.39. The van der Waals surface area contributed by atoms with Crippen molar-refractivity contribution in [2.75, 3.05) is 13.2 Å². The van der Waals surface area contributed by atoms with E-state index in [1.807, 2.05) is 0 Å². The van der Waals surface area contributed by atoms with E-state index in [9.17, 15) is 0 Å². The number of hydrogen-bond donors (Lipinski definition) is 1. The molecule has 1 N–H and O–H groups in total. The summed E-state index contributed by atoms with van der Waals surface area (Å²) in [5.41, 5.74) is 1.43. The molecule has 2 nitrogen and oxygen atoms in total. The van der Waals surface area contributed by atoms with Crippen molar-refractivity contribution in [3.8, 4) is 0 Å². The van der Waals surface area contributed by atoms with Crippen molar-refractivity contribution in [2.45, 2.75) is 45.3 Å². The monoisotopic (exact) mass is 247 g/mol. The van der Waals surface area contributed by atoms with Crippen molar-refractivity contribution in [1.29, 1.82) is 0 Å². The van der Waals surface area contributed by atoms with Gasteiger partial charge in [0.25, 0.3) is 0 Å². The lowest BCUT2D eigenvalue weighted by atomic mass is 10.0. The number of benzene rings is 1. The van der Waals surface area contributed by atoms with Crippen molar-refractivity contribution >= 4 is 0 Å². The number of rotatable bonds is 8. The van der Waals surface area contributed by atoms with Crippen molar-refractivity contribution < 1.29 is 4.74 Å². The van der Waals surface area contributed by atoms with Gasteiger partial charge in [0.05, 0.1) is 6.10 Å². The van der Waals surface area contributed by atoms with Crippen molar-refractivity contribution in [2.24, 2.45) is 5.92 Å². The van der Waals surface area contributed by atoms with E-state index in [0.717, 1.165) is 25.5 Å². The Morgan fingerprint density at radius 3 is 2.56 bits per heavy atom. The van der Waals surface area contributed by atoms with Gasteiger partial charge in [0, 0.05) is 12.6 Å². The zero-order valence-corrected chi connectivity index (χ0v) is 11.6. The van der Waals surface area contributed by atoms with Crippen LogP contribution in [0.5, 0.6) is 0 Å². The Hall–Kier alpha value is -0.860. The van der Waals surface area contributed by atoms with Crippen LogP contribution in [0.1, 0.15) is 44.7 Å². The smallest absolute Gasteiger partial charge is 0.0518 e. The molecule has 0 radical (unpaired) electrons. The van der Waals surface area contributed by atoms with Crippen LogP contribution in [0.4, 0.5) is 0 Å². The third kappa shape index (κ3) is 4.43. The Morgan fingerprint density at radius 2 is 1.94 bits per heavy atom. The lowest BCUT2D eigenvalue weighted by molar-refractivity contribution is 0.0766. The maximum Gasteiger partial charge on any atom is 0.0518 e. The van der Waals surface area contributed by atoms with E-state index in [1.54, 1.807) is 0 Å². The first kappa shape index (κ1) is 13.6. The molecule has 1 fully saturated rings. The summed E-state index contributed by atoms with van der Waals surface area (Å²) in [6.07, 6.45) is 4.18. The Kier molecular flexibility index (Phi) is 5.21. The fraction of sp³-hybridized carbons (Fsp3) is 0.625. The van der Waals surface area contributed by atoms with Crippen LogP contribution >= 0.6 is 0 Å². The largest absolute Gasteiger partial charge is 0.379 e. The summed E-state index contributed by atoms with van der Waals surface area (Å²) in [5.74, 6) is 0.846. The van der Waals surface area contributed by atoms with E-state index in [1.165, 1.54) is 18.4 Å². The molecule has 1 saturated carbocycles. The fourth-order valence-electron chi connectivity index (χ4n) is 2.30. The number of ether oxygens (including phenoxy) is 1. The van der Waals surface area contributed by atoms with Crippen LogP contribution in [-0.4, -0.2) is 19.3 Å². The fourth-order valence-corrected chi connectivity index (χ4v) is 2.30. The molecule has 100 valence electrons. The van der Waals surface area contributed by atoms with Gasteiger partial charge in [0.1, 0.15) is 0 Å². The molecule has 2 rings (SSSR count). The summed E-state index contributed by atoms with van der Waals surface area (Å²) in [4.78, 5) is 0. The zero-order valence-electron chi connectivity index (χ0n) is 11.6. The molecule has 0 amide bonds. The maximum atomic E-state index is 5.57. The minimum absolute atomic E-state index is 0.346.